The molecule has 0 heterocycles. The summed E-state index contributed by atoms with van der Waals surface area (Å²) in [5, 5.41) is 3.34. The number of para-hydroxylation sites is 1. The van der Waals surface area contributed by atoms with Gasteiger partial charge in [-0.05, 0) is 29.8 Å². The number of carbonyl (C=O) groups is 1. The molecule has 0 amide bonds. The third-order valence-electron chi connectivity index (χ3n) is 3.85. The molecule has 3 aromatic rings. The van der Waals surface area contributed by atoms with E-state index in [9.17, 15) is 4.79 Å². The van der Waals surface area contributed by atoms with Crippen LogP contribution in [0.15, 0.2) is 84.9 Å². The zero-order chi connectivity index (χ0) is 16.8. The van der Waals surface area contributed by atoms with E-state index in [2.05, 4.69) is 5.32 Å². The molecule has 0 saturated carbocycles. The molecule has 128 valence electrons. The van der Waals surface area contributed by atoms with Crippen LogP contribution in [-0.2, 0) is 0 Å². The highest BCUT2D eigenvalue weighted by molar-refractivity contribution is 6.02. The molecule has 0 aliphatic rings. The van der Waals surface area contributed by atoms with Gasteiger partial charge in [-0.3, -0.25) is 4.79 Å². The molecule has 1 unspecified atom stereocenters. The third kappa shape index (κ3) is 4.61. The van der Waals surface area contributed by atoms with Crippen molar-refractivity contribution in [1.29, 1.82) is 0 Å². The molecule has 1 atom stereocenters. The van der Waals surface area contributed by atoms with Crippen molar-refractivity contribution >= 4 is 23.9 Å². The Labute approximate surface area is 154 Å². The average Bonchev–Trinajstić information content (AvgIpc) is 2.67. The Morgan fingerprint density at radius 2 is 1.40 bits per heavy atom. The van der Waals surface area contributed by atoms with Crippen molar-refractivity contribution in [1.82, 2.24) is 0 Å². The maximum absolute atomic E-state index is 13.0. The van der Waals surface area contributed by atoms with Crippen molar-refractivity contribution in [3.8, 4) is 5.75 Å². The van der Waals surface area contributed by atoms with E-state index in [1.165, 1.54) is 0 Å². The topological polar surface area (TPSA) is 38.3 Å². The van der Waals surface area contributed by atoms with Crippen LogP contribution in [0, 0.1) is 0 Å². The van der Waals surface area contributed by atoms with Gasteiger partial charge in [0.05, 0.1) is 7.11 Å². The van der Waals surface area contributed by atoms with Gasteiger partial charge in [-0.25, -0.2) is 0 Å². The molecule has 0 radical (unpaired) electrons. The van der Waals surface area contributed by atoms with E-state index >= 15 is 0 Å². The number of hydrogen-bond donors (Lipinski definition) is 1. The third-order valence-corrected chi connectivity index (χ3v) is 3.85. The number of halogens is 1. The van der Waals surface area contributed by atoms with Crippen LogP contribution < -0.4 is 10.1 Å². The maximum atomic E-state index is 13.0. The molecule has 0 spiro atoms. The molecule has 3 nitrogen and oxygen atoms in total. The second-order valence-electron chi connectivity index (χ2n) is 5.45. The van der Waals surface area contributed by atoms with Gasteiger partial charge in [0.25, 0.3) is 0 Å². The molecule has 4 heteroatoms. The Kier molecular flexibility index (Phi) is 6.61. The van der Waals surface area contributed by atoms with E-state index in [1.54, 1.807) is 7.11 Å². The van der Waals surface area contributed by atoms with Crippen LogP contribution in [0.5, 0.6) is 5.75 Å². The van der Waals surface area contributed by atoms with Gasteiger partial charge in [-0.2, -0.15) is 0 Å². The summed E-state index contributed by atoms with van der Waals surface area (Å²) in [5.74, 6) is 0.800. The van der Waals surface area contributed by atoms with Crippen LogP contribution in [0.2, 0.25) is 0 Å². The Hall–Kier alpha value is -2.78. The van der Waals surface area contributed by atoms with Gasteiger partial charge in [-0.1, -0.05) is 60.7 Å². The number of anilines is 1. The summed E-state index contributed by atoms with van der Waals surface area (Å²) < 4.78 is 5.21. The number of Topliss-reactive ketones (excluding diaryl/α,β-unsaturated/α-hetero) is 1. The second-order valence-corrected chi connectivity index (χ2v) is 5.45. The monoisotopic (exact) mass is 353 g/mol. The molecule has 3 aromatic carbocycles. The van der Waals surface area contributed by atoms with Crippen molar-refractivity contribution < 1.29 is 9.53 Å². The minimum absolute atomic E-state index is 0. The Morgan fingerprint density at radius 3 is 1.96 bits per heavy atom. The van der Waals surface area contributed by atoms with Crippen molar-refractivity contribution in [3.63, 3.8) is 0 Å². The van der Waals surface area contributed by atoms with Crippen LogP contribution in [0.3, 0.4) is 0 Å². The maximum Gasteiger partial charge on any atom is 0.189 e. The molecule has 1 N–H and O–H groups in total. The first-order chi connectivity index (χ1) is 11.8. The summed E-state index contributed by atoms with van der Waals surface area (Å²) in [6.07, 6.45) is 0. The lowest BCUT2D eigenvalue weighted by Crippen LogP contribution is -2.21. The number of methoxy groups -OCH3 is 1. The highest BCUT2D eigenvalue weighted by Crippen LogP contribution is 2.25. The van der Waals surface area contributed by atoms with Crippen molar-refractivity contribution in [2.24, 2.45) is 0 Å². The van der Waals surface area contributed by atoms with Crippen LogP contribution in [-0.4, -0.2) is 12.9 Å². The number of ketones is 1. The fourth-order valence-electron chi connectivity index (χ4n) is 2.57. The Balaban J connectivity index is 0.00000225. The normalized spacial score (nSPS) is 11.1. The standard InChI is InChI=1S/C21H19NO2.ClH/c1-24-19-14-12-16(13-15-19)20(22-18-10-6-3-7-11-18)21(23)17-8-4-2-5-9-17;/h2-15,20,22H,1H3;1H. The molecule has 0 saturated heterocycles. The summed E-state index contributed by atoms with van der Waals surface area (Å²) >= 11 is 0. The second kappa shape index (κ2) is 8.90. The molecule has 0 aromatic heterocycles. The molecule has 0 aliphatic carbocycles. The smallest absolute Gasteiger partial charge is 0.189 e. The first-order valence-corrected chi connectivity index (χ1v) is 7.83. The quantitative estimate of drug-likeness (QED) is 0.622. The van der Waals surface area contributed by atoms with Gasteiger partial charge in [0.15, 0.2) is 5.78 Å². The first-order valence-electron chi connectivity index (χ1n) is 7.83. The zero-order valence-electron chi connectivity index (χ0n) is 13.9. The lowest BCUT2D eigenvalue weighted by Gasteiger charge is -2.20. The van der Waals surface area contributed by atoms with Gasteiger partial charge in [0.2, 0.25) is 0 Å². The summed E-state index contributed by atoms with van der Waals surface area (Å²) in [6.45, 7) is 0. The van der Waals surface area contributed by atoms with Crippen LogP contribution in [0.4, 0.5) is 5.69 Å². The summed E-state index contributed by atoms with van der Waals surface area (Å²) in [7, 11) is 1.63. The van der Waals surface area contributed by atoms with Crippen LogP contribution in [0.25, 0.3) is 0 Å². The number of benzene rings is 3. The van der Waals surface area contributed by atoms with E-state index < -0.39 is 6.04 Å². The van der Waals surface area contributed by atoms with E-state index in [-0.39, 0.29) is 18.2 Å². The number of hydrogen-bond acceptors (Lipinski definition) is 3. The molecule has 3 rings (SSSR count). The minimum atomic E-state index is -0.458. The van der Waals surface area contributed by atoms with Gasteiger partial charge in [0, 0.05) is 11.3 Å². The van der Waals surface area contributed by atoms with E-state index in [1.807, 2.05) is 84.9 Å². The summed E-state index contributed by atoms with van der Waals surface area (Å²) in [5.41, 5.74) is 2.48. The molecule has 0 fully saturated rings. The number of nitrogens with one attached hydrogen (secondary N) is 1. The highest BCUT2D eigenvalue weighted by Gasteiger charge is 2.22. The number of ether oxygens (including phenoxy) is 1. The predicted molar refractivity (Wildman–Crippen MR) is 104 cm³/mol. The Morgan fingerprint density at radius 1 is 0.840 bits per heavy atom. The number of rotatable bonds is 6. The van der Waals surface area contributed by atoms with Gasteiger partial charge >= 0.3 is 0 Å². The largest absolute Gasteiger partial charge is 0.497 e. The predicted octanol–water partition coefficient (Wildman–Crippen LogP) is 5.15. The van der Waals surface area contributed by atoms with Crippen molar-refractivity contribution in [2.75, 3.05) is 12.4 Å². The highest BCUT2D eigenvalue weighted by atomic mass is 35.5. The fourth-order valence-corrected chi connectivity index (χ4v) is 2.57. The van der Waals surface area contributed by atoms with Crippen LogP contribution >= 0.6 is 12.4 Å². The van der Waals surface area contributed by atoms with Crippen LogP contribution in [0.1, 0.15) is 22.0 Å². The van der Waals surface area contributed by atoms with Gasteiger partial charge in [-0.15, -0.1) is 12.4 Å². The van der Waals surface area contributed by atoms with E-state index in [0.717, 1.165) is 17.0 Å². The minimum Gasteiger partial charge on any atom is -0.497 e. The summed E-state index contributed by atoms with van der Waals surface area (Å²) in [4.78, 5) is 13.0. The Bertz CT molecular complexity index is 789. The average molecular weight is 354 g/mol. The van der Waals surface area contributed by atoms with Gasteiger partial charge < -0.3 is 10.1 Å². The lowest BCUT2D eigenvalue weighted by atomic mass is 9.97. The zero-order valence-corrected chi connectivity index (χ0v) is 14.7. The summed E-state index contributed by atoms with van der Waals surface area (Å²) in [6, 6.07) is 26.2. The molecule has 0 bridgehead atoms. The van der Waals surface area contributed by atoms with Gasteiger partial charge in [0.1, 0.15) is 11.8 Å². The molecule has 25 heavy (non-hydrogen) atoms. The van der Waals surface area contributed by atoms with Crippen molar-refractivity contribution in [2.45, 2.75) is 6.04 Å². The van der Waals surface area contributed by atoms with E-state index in [0.29, 0.717) is 5.56 Å². The SMILES string of the molecule is COc1ccc(C(Nc2ccccc2)C(=O)c2ccccc2)cc1.Cl. The van der Waals surface area contributed by atoms with E-state index in [4.69, 9.17) is 4.74 Å². The molecular formula is C21H20ClNO2. The first kappa shape index (κ1) is 18.6. The molecule has 0 aliphatic heterocycles. The van der Waals surface area contributed by atoms with Crippen molar-refractivity contribution in [3.05, 3.63) is 96.1 Å². The number of carbonyl (C=O) groups excluding carboxylic acids is 1. The lowest BCUT2D eigenvalue weighted by molar-refractivity contribution is 0.0969. The molecular weight excluding hydrogens is 334 g/mol. The fraction of sp³-hybridized carbons (Fsp3) is 0.0952.